The first-order valence-corrected chi connectivity index (χ1v) is 10.0. The summed E-state index contributed by atoms with van der Waals surface area (Å²) in [6.07, 6.45) is -1.93. The number of methoxy groups -OCH3 is 1. The molecular weight excluding hydrogens is 424 g/mol. The molecule has 1 aromatic rings. The molecule has 0 aliphatic rings. The van der Waals surface area contributed by atoms with Crippen LogP contribution in [0, 0.1) is 5.41 Å². The predicted molar refractivity (Wildman–Crippen MR) is 111 cm³/mol. The van der Waals surface area contributed by atoms with E-state index in [0.717, 1.165) is 0 Å². The van der Waals surface area contributed by atoms with Gasteiger partial charge in [0, 0.05) is 0 Å². The second kappa shape index (κ2) is 12.8. The number of hydrogen-bond donors (Lipinski definition) is 2. The van der Waals surface area contributed by atoms with E-state index >= 15 is 0 Å². The van der Waals surface area contributed by atoms with Crippen LogP contribution in [0.25, 0.3) is 0 Å². The van der Waals surface area contributed by atoms with Crippen molar-refractivity contribution in [3.8, 4) is 0 Å². The Bertz CT molecular complexity index is 802. The van der Waals surface area contributed by atoms with Gasteiger partial charge in [0.1, 0.15) is 25.9 Å². The van der Waals surface area contributed by atoms with E-state index in [9.17, 15) is 29.4 Å². The van der Waals surface area contributed by atoms with Crippen molar-refractivity contribution in [1.29, 1.82) is 0 Å². The van der Waals surface area contributed by atoms with E-state index in [1.165, 1.54) is 45.2 Å². The van der Waals surface area contributed by atoms with Crippen LogP contribution in [0.1, 0.15) is 54.3 Å². The highest BCUT2D eigenvalue weighted by Gasteiger charge is 2.33. The van der Waals surface area contributed by atoms with E-state index in [1.807, 2.05) is 0 Å². The Morgan fingerprint density at radius 1 is 0.875 bits per heavy atom. The molecule has 32 heavy (non-hydrogen) atoms. The minimum absolute atomic E-state index is 0.0497. The van der Waals surface area contributed by atoms with Crippen LogP contribution in [0.5, 0.6) is 0 Å². The first-order chi connectivity index (χ1) is 15.0. The van der Waals surface area contributed by atoms with Gasteiger partial charge in [-0.2, -0.15) is 0 Å². The van der Waals surface area contributed by atoms with Crippen LogP contribution in [-0.4, -0.2) is 73.2 Å². The minimum Gasteiger partial charge on any atom is -0.469 e. The molecule has 0 bridgehead atoms. The standard InChI is InChI=1S/C22H30O10/c1-5-14(23)11-30-19(26)16-8-6-7-9-17(16)20(27)31-12-15(24)13-32-21(28)22(2,3)10-18(25)29-4/h6-9,14-15,23-24H,5,10-13H2,1-4H3. The van der Waals surface area contributed by atoms with Gasteiger partial charge >= 0.3 is 23.9 Å². The number of esters is 4. The van der Waals surface area contributed by atoms with Gasteiger partial charge in [0.2, 0.25) is 0 Å². The lowest BCUT2D eigenvalue weighted by Crippen LogP contribution is -2.33. The van der Waals surface area contributed by atoms with Gasteiger partial charge in [-0.15, -0.1) is 0 Å². The van der Waals surface area contributed by atoms with Crippen molar-refractivity contribution in [1.82, 2.24) is 0 Å². The zero-order chi connectivity index (χ0) is 24.3. The molecular formula is C22H30O10. The van der Waals surface area contributed by atoms with Crippen LogP contribution in [-0.2, 0) is 28.5 Å². The molecule has 0 amide bonds. The summed E-state index contributed by atoms with van der Waals surface area (Å²) in [6.45, 7) is 3.54. The SMILES string of the molecule is CCC(O)COC(=O)c1ccccc1C(=O)OCC(O)COC(=O)C(C)(C)CC(=O)OC. The van der Waals surface area contributed by atoms with Crippen LogP contribution >= 0.6 is 0 Å². The van der Waals surface area contributed by atoms with Crippen molar-refractivity contribution in [3.05, 3.63) is 35.4 Å². The second-order valence-corrected chi connectivity index (χ2v) is 7.69. The lowest BCUT2D eigenvalue weighted by atomic mass is 9.89. The zero-order valence-electron chi connectivity index (χ0n) is 18.7. The number of ether oxygens (including phenoxy) is 4. The molecule has 178 valence electrons. The number of carbonyl (C=O) groups is 4. The van der Waals surface area contributed by atoms with Crippen molar-refractivity contribution < 1.29 is 48.3 Å². The molecule has 0 saturated carbocycles. The van der Waals surface area contributed by atoms with Crippen LogP contribution < -0.4 is 0 Å². The maximum absolute atomic E-state index is 12.4. The molecule has 0 aromatic heterocycles. The number of aliphatic hydroxyl groups excluding tert-OH is 2. The van der Waals surface area contributed by atoms with Crippen molar-refractivity contribution >= 4 is 23.9 Å². The topological polar surface area (TPSA) is 146 Å². The zero-order valence-corrected chi connectivity index (χ0v) is 18.7. The second-order valence-electron chi connectivity index (χ2n) is 7.69. The van der Waals surface area contributed by atoms with Crippen molar-refractivity contribution in [2.75, 3.05) is 26.9 Å². The Morgan fingerprint density at radius 2 is 1.34 bits per heavy atom. The molecule has 1 rings (SSSR count). The van der Waals surface area contributed by atoms with Crippen LogP contribution in [0.3, 0.4) is 0 Å². The van der Waals surface area contributed by atoms with E-state index in [4.69, 9.17) is 14.2 Å². The molecule has 0 heterocycles. The van der Waals surface area contributed by atoms with Crippen molar-refractivity contribution in [2.45, 2.75) is 45.8 Å². The molecule has 10 nitrogen and oxygen atoms in total. The van der Waals surface area contributed by atoms with E-state index in [-0.39, 0.29) is 24.2 Å². The molecule has 2 N–H and O–H groups in total. The molecule has 0 spiro atoms. The molecule has 0 fully saturated rings. The Kier molecular flexibility index (Phi) is 10.8. The molecule has 1 aromatic carbocycles. The Morgan fingerprint density at radius 3 is 1.81 bits per heavy atom. The quantitative estimate of drug-likeness (QED) is 0.350. The van der Waals surface area contributed by atoms with E-state index in [2.05, 4.69) is 4.74 Å². The van der Waals surface area contributed by atoms with Crippen molar-refractivity contribution in [2.24, 2.45) is 5.41 Å². The summed E-state index contributed by atoms with van der Waals surface area (Å²) in [5.41, 5.74) is -1.29. The summed E-state index contributed by atoms with van der Waals surface area (Å²) in [6, 6.07) is 5.79. The van der Waals surface area contributed by atoms with E-state index < -0.39 is 54.7 Å². The van der Waals surface area contributed by atoms with Gasteiger partial charge in [-0.1, -0.05) is 19.1 Å². The van der Waals surface area contributed by atoms with Crippen LogP contribution in [0.2, 0.25) is 0 Å². The van der Waals surface area contributed by atoms with Gasteiger partial charge < -0.3 is 29.2 Å². The summed E-state index contributed by atoms with van der Waals surface area (Å²) in [5, 5.41) is 19.5. The molecule has 0 aliphatic carbocycles. The largest absolute Gasteiger partial charge is 0.469 e. The molecule has 2 unspecified atom stereocenters. The fourth-order valence-corrected chi connectivity index (χ4v) is 2.38. The Hall–Kier alpha value is -2.98. The average molecular weight is 454 g/mol. The van der Waals surface area contributed by atoms with Crippen LogP contribution in [0.15, 0.2) is 24.3 Å². The summed E-state index contributed by atoms with van der Waals surface area (Å²) in [5.74, 6) is -2.99. The molecule has 0 radical (unpaired) electrons. The van der Waals surface area contributed by atoms with Crippen molar-refractivity contribution in [3.63, 3.8) is 0 Å². The third-order valence-corrected chi connectivity index (χ3v) is 4.43. The van der Waals surface area contributed by atoms with Gasteiger partial charge in [-0.25, -0.2) is 9.59 Å². The maximum atomic E-state index is 12.4. The highest BCUT2D eigenvalue weighted by molar-refractivity contribution is 6.03. The third-order valence-electron chi connectivity index (χ3n) is 4.43. The number of hydrogen-bond acceptors (Lipinski definition) is 10. The van der Waals surface area contributed by atoms with Gasteiger partial charge in [0.15, 0.2) is 0 Å². The number of carbonyl (C=O) groups excluding carboxylic acids is 4. The molecule has 10 heteroatoms. The van der Waals surface area contributed by atoms with Gasteiger partial charge in [0.05, 0.1) is 36.2 Å². The minimum atomic E-state index is -1.32. The number of rotatable bonds is 12. The fraction of sp³-hybridized carbons (Fsp3) is 0.545. The molecule has 0 aliphatic heterocycles. The number of benzene rings is 1. The summed E-state index contributed by atoms with van der Waals surface area (Å²) < 4.78 is 19.5. The molecule has 0 saturated heterocycles. The lowest BCUT2D eigenvalue weighted by Gasteiger charge is -2.22. The van der Waals surface area contributed by atoms with Gasteiger partial charge in [-0.05, 0) is 32.4 Å². The van der Waals surface area contributed by atoms with Crippen LogP contribution in [0.4, 0.5) is 0 Å². The predicted octanol–water partition coefficient (Wildman–Crippen LogP) is 1.26. The van der Waals surface area contributed by atoms with Gasteiger partial charge in [-0.3, -0.25) is 9.59 Å². The first kappa shape index (κ1) is 27.1. The normalized spacial score (nSPS) is 12.9. The van der Waals surface area contributed by atoms with E-state index in [1.54, 1.807) is 6.92 Å². The summed E-state index contributed by atoms with van der Waals surface area (Å²) in [4.78, 5) is 48.1. The number of aliphatic hydroxyl groups is 2. The summed E-state index contributed by atoms with van der Waals surface area (Å²) >= 11 is 0. The smallest absolute Gasteiger partial charge is 0.339 e. The lowest BCUT2D eigenvalue weighted by molar-refractivity contribution is -0.162. The van der Waals surface area contributed by atoms with Gasteiger partial charge in [0.25, 0.3) is 0 Å². The Balaban J connectivity index is 2.61. The summed E-state index contributed by atoms with van der Waals surface area (Å²) in [7, 11) is 1.20. The first-order valence-electron chi connectivity index (χ1n) is 10.0. The molecule has 2 atom stereocenters. The monoisotopic (exact) mass is 454 g/mol. The Labute approximate surface area is 186 Å². The van der Waals surface area contributed by atoms with E-state index in [0.29, 0.717) is 6.42 Å². The highest BCUT2D eigenvalue weighted by atomic mass is 16.6. The fourth-order valence-electron chi connectivity index (χ4n) is 2.38. The highest BCUT2D eigenvalue weighted by Crippen LogP contribution is 2.23. The maximum Gasteiger partial charge on any atom is 0.339 e. The average Bonchev–Trinajstić information content (AvgIpc) is 2.78. The third kappa shape index (κ3) is 8.64.